The summed E-state index contributed by atoms with van der Waals surface area (Å²) in [5, 5.41) is 11.5. The monoisotopic (exact) mass is 88.1 g/mol. The highest BCUT2D eigenvalue weighted by Gasteiger charge is 2.08. The Morgan fingerprint density at radius 2 is 2.83 bits per heavy atom. The van der Waals surface area contributed by atoms with Crippen molar-refractivity contribution in [2.45, 2.75) is 12.5 Å². The van der Waals surface area contributed by atoms with Crippen LogP contribution in [0, 0.1) is 0 Å². The molecule has 0 spiro atoms. The van der Waals surface area contributed by atoms with Gasteiger partial charge in [-0.15, -0.1) is 0 Å². The molecule has 1 aliphatic heterocycles. The predicted molar refractivity (Wildman–Crippen MR) is 23.5 cm³/mol. The van der Waals surface area contributed by atoms with Crippen LogP contribution in [0.3, 0.4) is 0 Å². The molecule has 1 saturated heterocycles. The van der Waals surface area contributed by atoms with Gasteiger partial charge >= 0.3 is 0 Å². The molecule has 0 aliphatic carbocycles. The summed E-state index contributed by atoms with van der Waals surface area (Å²) in [4.78, 5) is 0. The van der Waals surface area contributed by atoms with Crippen LogP contribution in [0.4, 0.5) is 0 Å². The molecule has 2 nitrogen and oxygen atoms in total. The molecule has 1 rings (SSSR count). The second-order valence-corrected chi connectivity index (χ2v) is 1.50. The first-order valence-corrected chi connectivity index (χ1v) is 2.13. The molecule has 0 saturated carbocycles. The van der Waals surface area contributed by atoms with E-state index in [-0.39, 0.29) is 12.6 Å². The molecular formula is C4H9NO. The molecule has 1 aliphatic rings. The predicted octanol–water partition coefficient (Wildman–Crippen LogP) is -0.659. The third-order valence-corrected chi connectivity index (χ3v) is 0.888. The first-order chi connectivity index (χ1) is 3.29. The van der Waals surface area contributed by atoms with Gasteiger partial charge in [-0.3, -0.25) is 0 Å². The molecular weight excluding hydrogens is 78.1 g/mol. The van der Waals surface area contributed by atoms with Crippen molar-refractivity contribution in [3.63, 3.8) is 0 Å². The average Bonchev–Trinajstić information content (AvgIpc) is 1.87. The van der Waals surface area contributed by atoms with Crippen LogP contribution in [0.25, 0.3) is 0 Å². The Labute approximate surface area is 38.6 Å². The maximum absolute atomic E-state index is 8.72. The van der Waals surface area contributed by atoms with Gasteiger partial charge < -0.3 is 10.4 Å². The topological polar surface area (TPSA) is 32.3 Å². The van der Waals surface area contributed by atoms with Gasteiger partial charge in [-0.2, -0.15) is 0 Å². The molecule has 2 N–H and O–H groups in total. The quantitative estimate of drug-likeness (QED) is 0.412. The highest BCUT2D eigenvalue weighted by molar-refractivity contribution is 4.67. The molecule has 0 radical (unpaired) electrons. The van der Waals surface area contributed by atoms with Gasteiger partial charge in [-0.1, -0.05) is 0 Å². The lowest BCUT2D eigenvalue weighted by Gasteiger charge is -1.90. The first kappa shape index (κ1) is 2.99. The lowest BCUT2D eigenvalue weighted by molar-refractivity contribution is 0.196. The molecule has 1 heterocycles. The Bertz CT molecular complexity index is 60.7. The van der Waals surface area contributed by atoms with Crippen LogP contribution in [0.2, 0.25) is 0 Å². The second kappa shape index (κ2) is 1.58. The maximum Gasteiger partial charge on any atom is 0.0676 e. The van der Waals surface area contributed by atoms with Crippen LogP contribution in [0.1, 0.15) is 7.79 Å². The minimum absolute atomic E-state index is 0.227. The molecule has 0 aromatic carbocycles. The summed E-state index contributed by atoms with van der Waals surface area (Å²) in [6.45, 7) is 0.365. The fourth-order valence-corrected chi connectivity index (χ4v) is 0.522. The number of aliphatic hydroxyl groups is 1. The van der Waals surface area contributed by atoms with E-state index in [1.165, 1.54) is 0 Å². The molecule has 0 aromatic heterocycles. The van der Waals surface area contributed by atoms with E-state index in [2.05, 4.69) is 5.32 Å². The zero-order valence-corrected chi connectivity index (χ0v) is 3.52. The fourth-order valence-electron chi connectivity index (χ4n) is 0.522. The van der Waals surface area contributed by atoms with E-state index < -0.39 is 0 Å². The van der Waals surface area contributed by atoms with Crippen molar-refractivity contribution in [2.75, 3.05) is 13.1 Å². The van der Waals surface area contributed by atoms with Crippen LogP contribution in [0.15, 0.2) is 0 Å². The smallest absolute Gasteiger partial charge is 0.0676 e. The van der Waals surface area contributed by atoms with Gasteiger partial charge in [0.2, 0.25) is 0 Å². The fraction of sp³-hybridized carbons (Fsp3) is 1.00. The van der Waals surface area contributed by atoms with Crippen molar-refractivity contribution in [1.82, 2.24) is 5.32 Å². The minimum Gasteiger partial charge on any atom is -0.392 e. The lowest BCUT2D eigenvalue weighted by atomic mass is 10.3. The van der Waals surface area contributed by atoms with Gasteiger partial charge in [0.15, 0.2) is 0 Å². The maximum atomic E-state index is 8.72. The molecule has 2 unspecified atom stereocenters. The number of hydrogen-bond donors (Lipinski definition) is 2. The van der Waals surface area contributed by atoms with Crippen LogP contribution in [-0.4, -0.2) is 24.3 Å². The van der Waals surface area contributed by atoms with Crippen molar-refractivity contribution < 1.29 is 6.48 Å². The summed E-state index contributed by atoms with van der Waals surface area (Å²) in [5.41, 5.74) is 0. The molecule has 2 atom stereocenters. The zero-order chi connectivity index (χ0) is 5.28. The molecule has 0 bridgehead atoms. The van der Waals surface area contributed by atoms with Gasteiger partial charge in [0.1, 0.15) is 0 Å². The largest absolute Gasteiger partial charge is 0.392 e. The minimum atomic E-state index is -0.275. The van der Waals surface area contributed by atoms with Crippen LogP contribution in [0.5, 0.6) is 0 Å². The van der Waals surface area contributed by atoms with Gasteiger partial charge in [-0.05, 0) is 12.9 Å². The molecule has 36 valence electrons. The number of rotatable bonds is 0. The summed E-state index contributed by atoms with van der Waals surface area (Å²) in [7, 11) is 0. The molecule has 0 amide bonds. The summed E-state index contributed by atoms with van der Waals surface area (Å²) in [6, 6.07) is 0. The Kier molecular flexibility index (Phi) is 0.787. The standard InChI is InChI=1S/C4H9NO/c6-4-1-2-5-3-4/h4-6H,1-3H2/i2D. The van der Waals surface area contributed by atoms with E-state index in [4.69, 9.17) is 6.48 Å². The van der Waals surface area contributed by atoms with Gasteiger partial charge in [0, 0.05) is 7.92 Å². The van der Waals surface area contributed by atoms with E-state index in [0.29, 0.717) is 13.0 Å². The third kappa shape index (κ3) is 0.698. The highest BCUT2D eigenvalue weighted by atomic mass is 16.3. The average molecular weight is 88.1 g/mol. The Morgan fingerprint density at radius 3 is 3.00 bits per heavy atom. The van der Waals surface area contributed by atoms with E-state index in [1.54, 1.807) is 0 Å². The van der Waals surface area contributed by atoms with E-state index in [1.807, 2.05) is 0 Å². The van der Waals surface area contributed by atoms with Gasteiger partial charge in [0.25, 0.3) is 0 Å². The number of nitrogens with one attached hydrogen (secondary N) is 1. The van der Waals surface area contributed by atoms with Crippen LogP contribution in [-0.2, 0) is 0 Å². The lowest BCUT2D eigenvalue weighted by Crippen LogP contribution is -2.11. The van der Waals surface area contributed by atoms with Crippen molar-refractivity contribution >= 4 is 0 Å². The molecule has 2 heteroatoms. The van der Waals surface area contributed by atoms with Gasteiger partial charge in [0.05, 0.1) is 6.10 Å². The Balaban J connectivity index is 2.26. The van der Waals surface area contributed by atoms with Crippen molar-refractivity contribution in [2.24, 2.45) is 0 Å². The van der Waals surface area contributed by atoms with Crippen LogP contribution < -0.4 is 5.32 Å². The zero-order valence-electron chi connectivity index (χ0n) is 4.52. The van der Waals surface area contributed by atoms with Crippen LogP contribution >= 0.6 is 0 Å². The summed E-state index contributed by atoms with van der Waals surface area (Å²) in [5.74, 6) is 0. The summed E-state index contributed by atoms with van der Waals surface area (Å²) >= 11 is 0. The number of β-amino-alcohol motifs (C(OH)–C–C–N with tert-alkyl or cyclic N) is 1. The van der Waals surface area contributed by atoms with Crippen molar-refractivity contribution in [1.29, 1.82) is 0 Å². The van der Waals surface area contributed by atoms with Crippen molar-refractivity contribution in [3.05, 3.63) is 0 Å². The molecule has 1 fully saturated rings. The van der Waals surface area contributed by atoms with E-state index in [9.17, 15) is 0 Å². The highest BCUT2D eigenvalue weighted by Crippen LogP contribution is 1.93. The van der Waals surface area contributed by atoms with Gasteiger partial charge in [-0.25, -0.2) is 0 Å². The summed E-state index contributed by atoms with van der Waals surface area (Å²) < 4.78 is 6.99. The third-order valence-electron chi connectivity index (χ3n) is 0.888. The number of hydrogen-bond acceptors (Lipinski definition) is 2. The SMILES string of the molecule is [2H]C1CC(O)CN1. The van der Waals surface area contributed by atoms with E-state index >= 15 is 0 Å². The number of aliphatic hydroxyl groups excluding tert-OH is 1. The Hall–Kier alpha value is -0.0800. The summed E-state index contributed by atoms with van der Waals surface area (Å²) in [6.07, 6.45) is 0.308. The molecule has 6 heavy (non-hydrogen) atoms. The second-order valence-electron chi connectivity index (χ2n) is 1.50. The normalized spacial score (nSPS) is 49.2. The van der Waals surface area contributed by atoms with E-state index in [0.717, 1.165) is 0 Å². The van der Waals surface area contributed by atoms with Crippen molar-refractivity contribution in [3.8, 4) is 0 Å². The first-order valence-electron chi connectivity index (χ1n) is 2.70. The Morgan fingerprint density at radius 1 is 2.00 bits per heavy atom. The molecule has 0 aromatic rings.